The summed E-state index contributed by atoms with van der Waals surface area (Å²) in [4.78, 5) is 17.3. The van der Waals surface area contributed by atoms with Gasteiger partial charge in [0.05, 0.1) is 19.8 Å². The van der Waals surface area contributed by atoms with E-state index in [-0.39, 0.29) is 5.91 Å². The average Bonchev–Trinajstić information content (AvgIpc) is 3.15. The third-order valence-corrected chi connectivity index (χ3v) is 5.08. The van der Waals surface area contributed by atoms with Gasteiger partial charge in [0.1, 0.15) is 0 Å². The number of rotatable bonds is 4. The van der Waals surface area contributed by atoms with Crippen LogP contribution in [0.25, 0.3) is 0 Å². The van der Waals surface area contributed by atoms with E-state index in [1.807, 2.05) is 23.1 Å². The maximum absolute atomic E-state index is 12.8. The van der Waals surface area contributed by atoms with E-state index in [9.17, 15) is 4.79 Å². The highest BCUT2D eigenvalue weighted by atomic mass is 16.5. The van der Waals surface area contributed by atoms with Crippen molar-refractivity contribution in [2.75, 3.05) is 40.4 Å². The molecule has 23 heavy (non-hydrogen) atoms. The molecule has 1 heterocycles. The number of nitrogens with zero attached hydrogens (tertiary/aromatic N) is 2. The van der Waals surface area contributed by atoms with Gasteiger partial charge in [0.25, 0.3) is 5.91 Å². The van der Waals surface area contributed by atoms with Gasteiger partial charge in [-0.05, 0) is 25.0 Å². The van der Waals surface area contributed by atoms with Crippen molar-refractivity contribution in [3.05, 3.63) is 23.8 Å². The molecule has 0 spiro atoms. The van der Waals surface area contributed by atoms with Gasteiger partial charge in [-0.2, -0.15) is 0 Å². The molecule has 2 aliphatic rings. The predicted molar refractivity (Wildman–Crippen MR) is 89.3 cm³/mol. The summed E-state index contributed by atoms with van der Waals surface area (Å²) in [6, 6.07) is 6.20. The van der Waals surface area contributed by atoms with Gasteiger partial charge in [-0.1, -0.05) is 18.9 Å². The molecule has 0 N–H and O–H groups in total. The summed E-state index contributed by atoms with van der Waals surface area (Å²) < 4.78 is 10.7. The van der Waals surface area contributed by atoms with Crippen LogP contribution in [0.1, 0.15) is 36.0 Å². The largest absolute Gasteiger partial charge is 0.493 e. The van der Waals surface area contributed by atoms with Crippen LogP contribution in [0.2, 0.25) is 0 Å². The minimum atomic E-state index is 0.0341. The number of hydrogen-bond donors (Lipinski definition) is 0. The molecule has 1 saturated carbocycles. The Morgan fingerprint density at radius 1 is 1.04 bits per heavy atom. The summed E-state index contributed by atoms with van der Waals surface area (Å²) in [5.74, 6) is 1.16. The second-order valence-electron chi connectivity index (χ2n) is 6.31. The molecular formula is C18H26N2O3. The lowest BCUT2D eigenvalue weighted by Gasteiger charge is -2.38. The molecule has 2 fully saturated rings. The molecule has 1 aromatic rings. The monoisotopic (exact) mass is 318 g/mol. The summed E-state index contributed by atoms with van der Waals surface area (Å²) in [5.41, 5.74) is 0.584. The molecule has 1 aliphatic heterocycles. The maximum Gasteiger partial charge on any atom is 0.257 e. The molecule has 0 atom stereocenters. The van der Waals surface area contributed by atoms with Crippen LogP contribution in [0.4, 0.5) is 0 Å². The number of piperazine rings is 1. The van der Waals surface area contributed by atoms with Crippen LogP contribution in [0.3, 0.4) is 0 Å². The first-order valence-electron chi connectivity index (χ1n) is 8.49. The zero-order chi connectivity index (χ0) is 16.2. The van der Waals surface area contributed by atoms with Gasteiger partial charge in [-0.25, -0.2) is 0 Å². The van der Waals surface area contributed by atoms with Gasteiger partial charge in [0.15, 0.2) is 11.5 Å². The van der Waals surface area contributed by atoms with E-state index in [1.165, 1.54) is 25.7 Å². The number of methoxy groups -OCH3 is 2. The summed E-state index contributed by atoms with van der Waals surface area (Å²) in [6.45, 7) is 3.52. The topological polar surface area (TPSA) is 42.0 Å². The maximum atomic E-state index is 12.8. The number of para-hydroxylation sites is 1. The van der Waals surface area contributed by atoms with E-state index in [0.29, 0.717) is 17.1 Å². The Labute approximate surface area is 138 Å². The molecule has 1 aliphatic carbocycles. The van der Waals surface area contributed by atoms with Crippen molar-refractivity contribution in [3.63, 3.8) is 0 Å². The van der Waals surface area contributed by atoms with Gasteiger partial charge in [0, 0.05) is 32.2 Å². The zero-order valence-corrected chi connectivity index (χ0v) is 14.1. The molecule has 5 nitrogen and oxygen atoms in total. The highest BCUT2D eigenvalue weighted by Gasteiger charge is 2.29. The fourth-order valence-corrected chi connectivity index (χ4v) is 3.79. The first kappa shape index (κ1) is 16.1. The van der Waals surface area contributed by atoms with Crippen molar-refractivity contribution in [2.45, 2.75) is 31.7 Å². The van der Waals surface area contributed by atoms with Crippen LogP contribution < -0.4 is 9.47 Å². The second kappa shape index (κ2) is 7.21. The Morgan fingerprint density at radius 2 is 1.74 bits per heavy atom. The fraction of sp³-hybridized carbons (Fsp3) is 0.611. The van der Waals surface area contributed by atoms with Crippen LogP contribution in [0.15, 0.2) is 18.2 Å². The lowest BCUT2D eigenvalue weighted by atomic mass is 10.1. The SMILES string of the molecule is COc1cccc(C(=O)N2CCN(C3CCCC3)CC2)c1OC. The van der Waals surface area contributed by atoms with E-state index in [2.05, 4.69) is 4.90 Å². The molecule has 0 bridgehead atoms. The Morgan fingerprint density at radius 3 is 2.35 bits per heavy atom. The molecule has 1 aromatic carbocycles. The third kappa shape index (κ3) is 3.29. The number of hydrogen-bond acceptors (Lipinski definition) is 4. The van der Waals surface area contributed by atoms with E-state index < -0.39 is 0 Å². The summed E-state index contributed by atoms with van der Waals surface area (Å²) in [7, 11) is 3.17. The van der Waals surface area contributed by atoms with Gasteiger partial charge >= 0.3 is 0 Å². The molecular weight excluding hydrogens is 292 g/mol. The molecule has 0 aromatic heterocycles. The number of carbonyl (C=O) groups is 1. The number of ether oxygens (including phenoxy) is 2. The predicted octanol–water partition coefficient (Wildman–Crippen LogP) is 2.40. The number of carbonyl (C=O) groups excluding carboxylic acids is 1. The average molecular weight is 318 g/mol. The van der Waals surface area contributed by atoms with Crippen molar-refractivity contribution >= 4 is 5.91 Å². The summed E-state index contributed by atoms with van der Waals surface area (Å²) in [5, 5.41) is 0. The van der Waals surface area contributed by atoms with Gasteiger partial charge in [-0.15, -0.1) is 0 Å². The normalized spacial score (nSPS) is 19.8. The van der Waals surface area contributed by atoms with Crippen LogP contribution in [0.5, 0.6) is 11.5 Å². The van der Waals surface area contributed by atoms with E-state index >= 15 is 0 Å². The standard InChI is InChI=1S/C18H26N2O3/c1-22-16-9-5-8-15(17(16)23-2)18(21)20-12-10-19(11-13-20)14-6-3-4-7-14/h5,8-9,14H,3-4,6-7,10-13H2,1-2H3. The number of amides is 1. The first-order valence-corrected chi connectivity index (χ1v) is 8.49. The quantitative estimate of drug-likeness (QED) is 0.855. The van der Waals surface area contributed by atoms with Gasteiger partial charge < -0.3 is 14.4 Å². The molecule has 0 radical (unpaired) electrons. The summed E-state index contributed by atoms with van der Waals surface area (Å²) in [6.07, 6.45) is 5.34. The van der Waals surface area contributed by atoms with Crippen LogP contribution in [-0.2, 0) is 0 Å². The fourth-order valence-electron chi connectivity index (χ4n) is 3.79. The van der Waals surface area contributed by atoms with E-state index in [0.717, 1.165) is 32.2 Å². The van der Waals surface area contributed by atoms with Crippen LogP contribution >= 0.6 is 0 Å². The third-order valence-electron chi connectivity index (χ3n) is 5.08. The van der Waals surface area contributed by atoms with E-state index in [4.69, 9.17) is 9.47 Å². The van der Waals surface area contributed by atoms with Crippen molar-refractivity contribution in [2.24, 2.45) is 0 Å². The molecule has 126 valence electrons. The van der Waals surface area contributed by atoms with Gasteiger partial charge in [-0.3, -0.25) is 9.69 Å². The Bertz CT molecular complexity index is 547. The highest BCUT2D eigenvalue weighted by Crippen LogP contribution is 2.32. The zero-order valence-electron chi connectivity index (χ0n) is 14.1. The minimum Gasteiger partial charge on any atom is -0.493 e. The smallest absolute Gasteiger partial charge is 0.257 e. The Kier molecular flexibility index (Phi) is 5.06. The molecule has 5 heteroatoms. The lowest BCUT2D eigenvalue weighted by Crippen LogP contribution is -2.51. The lowest BCUT2D eigenvalue weighted by molar-refractivity contribution is 0.0570. The van der Waals surface area contributed by atoms with Crippen molar-refractivity contribution in [3.8, 4) is 11.5 Å². The molecule has 1 saturated heterocycles. The van der Waals surface area contributed by atoms with Crippen molar-refractivity contribution < 1.29 is 14.3 Å². The minimum absolute atomic E-state index is 0.0341. The summed E-state index contributed by atoms with van der Waals surface area (Å²) >= 11 is 0. The highest BCUT2D eigenvalue weighted by molar-refractivity contribution is 5.97. The van der Waals surface area contributed by atoms with Crippen LogP contribution in [-0.4, -0.2) is 62.1 Å². The molecule has 3 rings (SSSR count). The van der Waals surface area contributed by atoms with E-state index in [1.54, 1.807) is 14.2 Å². The Balaban J connectivity index is 1.67. The second-order valence-corrected chi connectivity index (χ2v) is 6.31. The Hall–Kier alpha value is -1.75. The van der Waals surface area contributed by atoms with Crippen LogP contribution in [0, 0.1) is 0 Å². The van der Waals surface area contributed by atoms with Crippen molar-refractivity contribution in [1.82, 2.24) is 9.80 Å². The molecule has 1 amide bonds. The number of benzene rings is 1. The van der Waals surface area contributed by atoms with Gasteiger partial charge in [0.2, 0.25) is 0 Å². The molecule has 0 unspecified atom stereocenters. The van der Waals surface area contributed by atoms with Crippen molar-refractivity contribution in [1.29, 1.82) is 0 Å². The first-order chi connectivity index (χ1) is 11.2.